The van der Waals surface area contributed by atoms with Crippen LogP contribution in [-0.4, -0.2) is 26.4 Å². The van der Waals surface area contributed by atoms with Crippen LogP contribution >= 0.6 is 23.1 Å². The van der Waals surface area contributed by atoms with Gasteiger partial charge in [-0.2, -0.15) is 4.52 Å². The third-order valence-electron chi connectivity index (χ3n) is 3.39. The summed E-state index contributed by atoms with van der Waals surface area (Å²) in [5.74, 6) is 1.91. The standard InChI is InChI=1S/C15H19N5S2/c16-10-6-2-5-9-13-17-18-14-20(13)19-15(22-14)21-11-12-7-3-1-4-8-12/h1,3-4,7-8H,2,5-6,9-11,16H2/p+1. The molecule has 7 heteroatoms. The minimum absolute atomic E-state index is 0.891. The van der Waals surface area contributed by atoms with Crippen molar-refractivity contribution >= 4 is 28.1 Å². The molecule has 3 aromatic rings. The van der Waals surface area contributed by atoms with E-state index in [-0.39, 0.29) is 0 Å². The van der Waals surface area contributed by atoms with Crippen LogP contribution in [0.25, 0.3) is 4.96 Å². The summed E-state index contributed by atoms with van der Waals surface area (Å²) in [6, 6.07) is 10.5. The number of rotatable bonds is 8. The Bertz CT molecular complexity index is 707. The predicted molar refractivity (Wildman–Crippen MR) is 90.0 cm³/mol. The van der Waals surface area contributed by atoms with Crippen molar-refractivity contribution in [1.29, 1.82) is 0 Å². The van der Waals surface area contributed by atoms with E-state index in [4.69, 9.17) is 0 Å². The Morgan fingerprint density at radius 1 is 1.09 bits per heavy atom. The van der Waals surface area contributed by atoms with Gasteiger partial charge in [0.2, 0.25) is 4.96 Å². The van der Waals surface area contributed by atoms with E-state index >= 15 is 0 Å². The number of unbranched alkanes of at least 4 members (excludes halogenated alkanes) is 2. The van der Waals surface area contributed by atoms with Crippen LogP contribution in [0.4, 0.5) is 0 Å². The molecular formula is C15H20N5S2+. The number of aryl methyl sites for hydroxylation is 1. The van der Waals surface area contributed by atoms with Crippen LogP contribution < -0.4 is 5.73 Å². The fourth-order valence-corrected chi connectivity index (χ4v) is 4.06. The number of fused-ring (bicyclic) bond motifs is 1. The van der Waals surface area contributed by atoms with Gasteiger partial charge in [0.1, 0.15) is 0 Å². The Morgan fingerprint density at radius 2 is 1.95 bits per heavy atom. The molecule has 0 spiro atoms. The molecule has 0 radical (unpaired) electrons. The van der Waals surface area contributed by atoms with E-state index in [0.717, 1.165) is 40.3 Å². The first-order chi connectivity index (χ1) is 10.9. The highest BCUT2D eigenvalue weighted by molar-refractivity contribution is 8.00. The van der Waals surface area contributed by atoms with E-state index in [0.29, 0.717) is 0 Å². The monoisotopic (exact) mass is 334 g/mol. The maximum atomic E-state index is 4.65. The number of hydrogen-bond acceptors (Lipinski definition) is 5. The molecular weight excluding hydrogens is 314 g/mol. The first-order valence-electron chi connectivity index (χ1n) is 7.54. The molecule has 0 aliphatic rings. The smallest absolute Gasteiger partial charge is 0.235 e. The largest absolute Gasteiger partial charge is 0.358 e. The van der Waals surface area contributed by atoms with Crippen molar-refractivity contribution in [3.63, 3.8) is 0 Å². The normalized spacial score (nSPS) is 11.3. The van der Waals surface area contributed by atoms with Gasteiger partial charge in [-0.1, -0.05) is 53.4 Å². The molecule has 0 aliphatic heterocycles. The number of hydrogen-bond donors (Lipinski definition) is 1. The van der Waals surface area contributed by atoms with Crippen LogP contribution in [-0.2, 0) is 12.2 Å². The third-order valence-corrected chi connectivity index (χ3v) is 5.50. The minimum atomic E-state index is 0.891. The van der Waals surface area contributed by atoms with Gasteiger partial charge < -0.3 is 5.73 Å². The molecule has 3 N–H and O–H groups in total. The van der Waals surface area contributed by atoms with Crippen LogP contribution in [0.2, 0.25) is 0 Å². The Kier molecular flexibility index (Phi) is 5.42. The number of benzene rings is 1. The summed E-state index contributed by atoms with van der Waals surface area (Å²) in [7, 11) is 0. The SMILES string of the molecule is [NH3+]CCCCCc1nnc2sc(SCc3ccccc3)nn12. The third kappa shape index (κ3) is 3.85. The van der Waals surface area contributed by atoms with Crippen molar-refractivity contribution in [2.75, 3.05) is 6.54 Å². The summed E-state index contributed by atoms with van der Waals surface area (Å²) in [4.78, 5) is 0.891. The number of thioether (sulfide) groups is 1. The first kappa shape index (κ1) is 15.5. The molecule has 116 valence electrons. The second-order valence-corrected chi connectivity index (χ2v) is 7.30. The fourth-order valence-electron chi connectivity index (χ4n) is 2.21. The molecule has 1 aromatic carbocycles. The Hall–Kier alpha value is -1.44. The highest BCUT2D eigenvalue weighted by Gasteiger charge is 2.11. The van der Waals surface area contributed by atoms with Crippen LogP contribution in [0.5, 0.6) is 0 Å². The lowest BCUT2D eigenvalue weighted by atomic mass is 10.2. The second kappa shape index (κ2) is 7.71. The van der Waals surface area contributed by atoms with Gasteiger partial charge in [0.15, 0.2) is 10.2 Å². The zero-order valence-electron chi connectivity index (χ0n) is 12.4. The summed E-state index contributed by atoms with van der Waals surface area (Å²) in [5, 5.41) is 13.1. The fraction of sp³-hybridized carbons (Fsp3) is 0.400. The highest BCUT2D eigenvalue weighted by Crippen LogP contribution is 2.27. The molecule has 0 atom stereocenters. The molecule has 0 amide bonds. The molecule has 0 saturated carbocycles. The summed E-state index contributed by atoms with van der Waals surface area (Å²) in [6.45, 7) is 1.01. The van der Waals surface area contributed by atoms with Crippen LogP contribution in [0.15, 0.2) is 34.7 Å². The van der Waals surface area contributed by atoms with Crippen LogP contribution in [0.3, 0.4) is 0 Å². The second-order valence-electron chi connectivity index (χ2n) is 5.12. The van der Waals surface area contributed by atoms with Gasteiger partial charge in [-0.3, -0.25) is 0 Å². The number of aromatic nitrogens is 4. The molecule has 5 nitrogen and oxygen atoms in total. The van der Waals surface area contributed by atoms with Crippen molar-refractivity contribution in [2.45, 2.75) is 35.8 Å². The Morgan fingerprint density at radius 3 is 2.77 bits per heavy atom. The van der Waals surface area contributed by atoms with Crippen LogP contribution in [0.1, 0.15) is 30.7 Å². The van der Waals surface area contributed by atoms with Crippen molar-refractivity contribution in [1.82, 2.24) is 19.8 Å². The first-order valence-corrected chi connectivity index (χ1v) is 9.34. The number of quaternary nitrogens is 1. The van der Waals surface area contributed by atoms with Crippen molar-refractivity contribution in [3.8, 4) is 0 Å². The van der Waals surface area contributed by atoms with Gasteiger partial charge in [-0.25, -0.2) is 0 Å². The zero-order valence-corrected chi connectivity index (χ0v) is 14.1. The van der Waals surface area contributed by atoms with E-state index in [9.17, 15) is 0 Å². The topological polar surface area (TPSA) is 70.7 Å². The average Bonchev–Trinajstić information content (AvgIpc) is 3.11. The highest BCUT2D eigenvalue weighted by atomic mass is 32.2. The lowest BCUT2D eigenvalue weighted by molar-refractivity contribution is -0.368. The molecule has 0 aliphatic carbocycles. The number of nitrogens with zero attached hydrogens (tertiary/aromatic N) is 4. The molecule has 0 fully saturated rings. The minimum Gasteiger partial charge on any atom is -0.358 e. The summed E-state index contributed by atoms with van der Waals surface area (Å²) >= 11 is 3.37. The zero-order chi connectivity index (χ0) is 15.2. The summed E-state index contributed by atoms with van der Waals surface area (Å²) in [6.07, 6.45) is 4.43. The predicted octanol–water partition coefficient (Wildman–Crippen LogP) is 2.43. The molecule has 3 rings (SSSR count). The van der Waals surface area contributed by atoms with Crippen molar-refractivity contribution in [2.24, 2.45) is 0 Å². The van der Waals surface area contributed by atoms with Gasteiger partial charge in [0.25, 0.3) is 0 Å². The Balaban J connectivity index is 1.62. The van der Waals surface area contributed by atoms with Crippen LogP contribution in [0, 0.1) is 0 Å². The Labute approximate surface area is 137 Å². The van der Waals surface area contributed by atoms with E-state index in [1.165, 1.54) is 18.4 Å². The van der Waals surface area contributed by atoms with Gasteiger partial charge in [0, 0.05) is 12.2 Å². The van der Waals surface area contributed by atoms with Gasteiger partial charge >= 0.3 is 0 Å². The summed E-state index contributed by atoms with van der Waals surface area (Å²) < 4.78 is 2.95. The molecule has 2 aromatic heterocycles. The van der Waals surface area contributed by atoms with E-state index < -0.39 is 0 Å². The van der Waals surface area contributed by atoms with Gasteiger partial charge in [0.05, 0.1) is 6.54 Å². The lowest BCUT2D eigenvalue weighted by Crippen LogP contribution is -2.50. The van der Waals surface area contributed by atoms with Crippen molar-refractivity contribution < 1.29 is 5.73 Å². The lowest BCUT2D eigenvalue weighted by Gasteiger charge is -1.98. The molecule has 2 heterocycles. The maximum absolute atomic E-state index is 4.65. The summed E-state index contributed by atoms with van der Waals surface area (Å²) in [5.41, 5.74) is 5.18. The van der Waals surface area contributed by atoms with Gasteiger partial charge in [-0.15, -0.1) is 15.3 Å². The maximum Gasteiger partial charge on any atom is 0.235 e. The van der Waals surface area contributed by atoms with Crippen molar-refractivity contribution in [3.05, 3.63) is 41.7 Å². The molecule has 22 heavy (non-hydrogen) atoms. The molecule has 0 unspecified atom stereocenters. The quantitative estimate of drug-likeness (QED) is 0.507. The molecule has 0 saturated heterocycles. The molecule has 0 bridgehead atoms. The van der Waals surface area contributed by atoms with E-state index in [2.05, 4.69) is 45.3 Å². The van der Waals surface area contributed by atoms with E-state index in [1.54, 1.807) is 23.1 Å². The average molecular weight is 334 g/mol. The van der Waals surface area contributed by atoms with E-state index in [1.807, 2.05) is 10.6 Å². The van der Waals surface area contributed by atoms with Gasteiger partial charge in [-0.05, 0) is 24.8 Å².